The summed E-state index contributed by atoms with van der Waals surface area (Å²) in [6, 6.07) is 0. The van der Waals surface area contributed by atoms with Crippen LogP contribution in [0.15, 0.2) is 24.6 Å². The van der Waals surface area contributed by atoms with Crippen LogP contribution < -0.4 is 16.4 Å². The quantitative estimate of drug-likeness (QED) is 0.426. The lowest BCUT2D eigenvalue weighted by molar-refractivity contribution is 0.338. The van der Waals surface area contributed by atoms with Crippen molar-refractivity contribution in [1.29, 1.82) is 0 Å². The van der Waals surface area contributed by atoms with E-state index >= 15 is 0 Å². The summed E-state index contributed by atoms with van der Waals surface area (Å²) in [6.07, 6.45) is 4.35. The van der Waals surface area contributed by atoms with Crippen LogP contribution in [0, 0.1) is 11.3 Å². The van der Waals surface area contributed by atoms with Gasteiger partial charge in [0.1, 0.15) is 0 Å². The van der Waals surface area contributed by atoms with Gasteiger partial charge in [0.25, 0.3) is 0 Å². The Morgan fingerprint density at radius 2 is 1.54 bits per heavy atom. The molecule has 3 nitrogen and oxygen atoms in total. The highest BCUT2D eigenvalue weighted by atomic mass is 31.1. The van der Waals surface area contributed by atoms with Crippen molar-refractivity contribution >= 4 is 7.92 Å². The van der Waals surface area contributed by atoms with Crippen molar-refractivity contribution in [2.24, 2.45) is 17.1 Å². The normalized spacial score (nSPS) is 13.7. The topological polar surface area (TPSA) is 50.1 Å². The molecule has 0 aliphatic heterocycles. The summed E-state index contributed by atoms with van der Waals surface area (Å²) in [5, 5.41) is 6.94. The molecular weight excluding hydrogens is 313 g/mol. The largest absolute Gasteiger partial charge is 0.388 e. The highest BCUT2D eigenvalue weighted by Crippen LogP contribution is 2.34. The Kier molecular flexibility index (Phi) is 10.2. The van der Waals surface area contributed by atoms with Gasteiger partial charge in [0.05, 0.1) is 0 Å². The zero-order chi connectivity index (χ0) is 19.0. The van der Waals surface area contributed by atoms with E-state index in [4.69, 9.17) is 5.73 Å². The third-order valence-corrected chi connectivity index (χ3v) is 5.94. The second-order valence-electron chi connectivity index (χ2n) is 8.92. The van der Waals surface area contributed by atoms with Crippen molar-refractivity contribution in [3.8, 4) is 0 Å². The monoisotopic (exact) mass is 355 g/mol. The lowest BCUT2D eigenvalue weighted by atomic mass is 9.90. The second kappa shape index (κ2) is 10.5. The summed E-state index contributed by atoms with van der Waals surface area (Å²) in [7, 11) is 0.144. The Balaban J connectivity index is 3.91. The Morgan fingerprint density at radius 1 is 1.04 bits per heavy atom. The van der Waals surface area contributed by atoms with Crippen LogP contribution in [-0.4, -0.2) is 38.1 Å². The van der Waals surface area contributed by atoms with Crippen molar-refractivity contribution in [3.05, 3.63) is 24.6 Å². The highest BCUT2D eigenvalue weighted by Gasteiger charge is 2.20. The first-order valence-corrected chi connectivity index (χ1v) is 11.5. The summed E-state index contributed by atoms with van der Waals surface area (Å²) in [5.74, 6) is 0.413. The molecule has 0 rings (SSSR count). The molecule has 0 amide bonds. The van der Waals surface area contributed by atoms with Gasteiger partial charge in [0.15, 0.2) is 0 Å². The number of nitrogens with two attached hydrogens (primary N) is 1. The van der Waals surface area contributed by atoms with Crippen LogP contribution in [-0.2, 0) is 0 Å². The van der Waals surface area contributed by atoms with E-state index in [1.807, 2.05) is 0 Å². The molecule has 0 saturated carbocycles. The molecule has 0 fully saturated rings. The summed E-state index contributed by atoms with van der Waals surface area (Å²) in [4.78, 5) is 0. The van der Waals surface area contributed by atoms with Gasteiger partial charge in [0.2, 0.25) is 0 Å². The molecule has 0 aromatic heterocycles. The van der Waals surface area contributed by atoms with Crippen molar-refractivity contribution in [2.45, 2.75) is 59.4 Å². The van der Waals surface area contributed by atoms with E-state index in [2.05, 4.69) is 71.7 Å². The molecule has 0 aromatic carbocycles. The number of hydrogen-bond acceptors (Lipinski definition) is 3. The van der Waals surface area contributed by atoms with Gasteiger partial charge < -0.3 is 16.4 Å². The number of hydrogen-bond donors (Lipinski definition) is 3. The molecule has 0 heterocycles. The van der Waals surface area contributed by atoms with Crippen LogP contribution >= 0.6 is 7.92 Å². The van der Waals surface area contributed by atoms with E-state index in [1.54, 1.807) is 0 Å². The maximum absolute atomic E-state index is 6.12. The van der Waals surface area contributed by atoms with Crippen molar-refractivity contribution in [1.82, 2.24) is 10.6 Å². The fourth-order valence-corrected chi connectivity index (χ4v) is 4.35. The Bertz CT molecular complexity index is 394. The Morgan fingerprint density at radius 3 is 2.00 bits per heavy atom. The van der Waals surface area contributed by atoms with Gasteiger partial charge in [-0.2, -0.15) is 0 Å². The van der Waals surface area contributed by atoms with E-state index in [9.17, 15) is 0 Å². The Hall–Kier alpha value is -0.530. The van der Waals surface area contributed by atoms with Crippen LogP contribution in [0.3, 0.4) is 0 Å². The summed E-state index contributed by atoms with van der Waals surface area (Å²) < 4.78 is 0. The van der Waals surface area contributed by atoms with Crippen molar-refractivity contribution in [3.63, 3.8) is 0 Å². The first-order valence-electron chi connectivity index (χ1n) is 9.10. The maximum atomic E-state index is 6.12. The number of rotatable bonds is 13. The van der Waals surface area contributed by atoms with Gasteiger partial charge in [-0.1, -0.05) is 33.9 Å². The predicted octanol–water partition coefficient (Wildman–Crippen LogP) is 4.50. The number of nitrogens with one attached hydrogen (secondary N) is 2. The first kappa shape index (κ1) is 23.5. The van der Waals surface area contributed by atoms with Crippen LogP contribution in [0.25, 0.3) is 0 Å². The molecule has 0 saturated heterocycles. The average molecular weight is 356 g/mol. The molecule has 0 aromatic rings. The van der Waals surface area contributed by atoms with Crippen LogP contribution in [0.4, 0.5) is 0 Å². The van der Waals surface area contributed by atoms with E-state index in [0.29, 0.717) is 11.3 Å². The molecule has 0 aliphatic carbocycles. The molecular formula is C20H42N3P. The standard InChI is InChI=1S/C20H42N3P/c1-16(20(6,7)21)13-22-17(2)11-10-12-18(3)23-14-19(4,5)15-24(8)9/h16,22-23H,2-3,10-15,21H2,1,4-9H3. The highest BCUT2D eigenvalue weighted by molar-refractivity contribution is 7.56. The fraction of sp³-hybridized carbons (Fsp3) is 0.800. The van der Waals surface area contributed by atoms with E-state index < -0.39 is 0 Å². The fourth-order valence-electron chi connectivity index (χ4n) is 2.53. The van der Waals surface area contributed by atoms with Gasteiger partial charge in [-0.3, -0.25) is 0 Å². The first-order chi connectivity index (χ1) is 10.8. The average Bonchev–Trinajstić information content (AvgIpc) is 2.40. The SMILES string of the molecule is C=C(CCCC(=C)NCC(C)(C)CP(C)C)NCC(C)C(C)(C)N. The molecule has 0 bridgehead atoms. The molecule has 142 valence electrons. The third-order valence-electron chi connectivity index (χ3n) is 4.45. The third kappa shape index (κ3) is 11.9. The summed E-state index contributed by atoms with van der Waals surface area (Å²) in [5.41, 5.74) is 8.54. The zero-order valence-electron chi connectivity index (χ0n) is 17.3. The van der Waals surface area contributed by atoms with Gasteiger partial charge >= 0.3 is 0 Å². The van der Waals surface area contributed by atoms with Crippen LogP contribution in [0.5, 0.6) is 0 Å². The Labute approximate surface area is 152 Å². The molecule has 1 unspecified atom stereocenters. The summed E-state index contributed by atoms with van der Waals surface area (Å²) >= 11 is 0. The van der Waals surface area contributed by atoms with Gasteiger partial charge in [-0.25, -0.2) is 0 Å². The lowest BCUT2D eigenvalue weighted by Crippen LogP contribution is -2.43. The van der Waals surface area contributed by atoms with Crippen LogP contribution in [0.1, 0.15) is 53.9 Å². The minimum Gasteiger partial charge on any atom is -0.388 e. The van der Waals surface area contributed by atoms with Crippen molar-refractivity contribution in [2.75, 3.05) is 32.6 Å². The molecule has 1 atom stereocenters. The van der Waals surface area contributed by atoms with E-state index in [0.717, 1.165) is 43.7 Å². The van der Waals surface area contributed by atoms with Crippen LogP contribution in [0.2, 0.25) is 0 Å². The lowest BCUT2D eigenvalue weighted by Gasteiger charge is -2.28. The molecule has 0 spiro atoms. The zero-order valence-corrected chi connectivity index (χ0v) is 18.2. The molecule has 0 radical (unpaired) electrons. The van der Waals surface area contributed by atoms with Gasteiger partial charge in [-0.05, 0) is 63.9 Å². The molecule has 4 N–H and O–H groups in total. The van der Waals surface area contributed by atoms with Crippen molar-refractivity contribution < 1.29 is 0 Å². The van der Waals surface area contributed by atoms with E-state index in [-0.39, 0.29) is 13.5 Å². The number of allylic oxidation sites excluding steroid dienone is 2. The predicted molar refractivity (Wildman–Crippen MR) is 113 cm³/mol. The molecule has 0 aliphatic rings. The molecule has 24 heavy (non-hydrogen) atoms. The molecule has 4 heteroatoms. The smallest absolute Gasteiger partial charge is 0.0198 e. The minimum atomic E-state index is -0.157. The maximum Gasteiger partial charge on any atom is 0.0198 e. The van der Waals surface area contributed by atoms with E-state index in [1.165, 1.54) is 6.16 Å². The van der Waals surface area contributed by atoms with Gasteiger partial charge in [0, 0.05) is 30.0 Å². The summed E-state index contributed by atoms with van der Waals surface area (Å²) in [6.45, 7) is 25.9. The minimum absolute atomic E-state index is 0.144. The second-order valence-corrected chi connectivity index (χ2v) is 11.4. The van der Waals surface area contributed by atoms with Gasteiger partial charge in [-0.15, -0.1) is 7.92 Å².